The van der Waals surface area contributed by atoms with Gasteiger partial charge in [0.15, 0.2) is 0 Å². The van der Waals surface area contributed by atoms with Crippen molar-refractivity contribution in [3.05, 3.63) is 0 Å². The van der Waals surface area contributed by atoms with Gasteiger partial charge in [0.1, 0.15) is 0 Å². The molecule has 0 aromatic heterocycles. The normalized spacial score (nSPS) is 44.9. The van der Waals surface area contributed by atoms with Crippen LogP contribution in [0.5, 0.6) is 0 Å². The first-order valence-electron chi connectivity index (χ1n) is 2.83. The first kappa shape index (κ1) is 5.58. The first-order chi connectivity index (χ1) is 3.66. The molecule has 2 nitrogen and oxygen atoms in total. The molecule has 2 heteroatoms. The van der Waals surface area contributed by atoms with Gasteiger partial charge in [-0.05, 0) is 19.8 Å². The molecule has 0 bridgehead atoms. The summed E-state index contributed by atoms with van der Waals surface area (Å²) in [6, 6.07) is 2.52. The Morgan fingerprint density at radius 2 is 2.25 bits per heavy atom. The van der Waals surface area contributed by atoms with E-state index in [-0.39, 0.29) is 5.41 Å². The SMILES string of the molecule is CC1(C#N)CC(N)C1. The van der Waals surface area contributed by atoms with Gasteiger partial charge in [0.05, 0.1) is 11.5 Å². The summed E-state index contributed by atoms with van der Waals surface area (Å²) >= 11 is 0. The summed E-state index contributed by atoms with van der Waals surface area (Å²) in [6.07, 6.45) is 1.76. The van der Waals surface area contributed by atoms with Gasteiger partial charge in [0.25, 0.3) is 0 Å². The van der Waals surface area contributed by atoms with Gasteiger partial charge in [-0.3, -0.25) is 0 Å². The number of nitrogens with two attached hydrogens (primary N) is 1. The number of rotatable bonds is 0. The molecule has 1 aliphatic rings. The van der Waals surface area contributed by atoms with E-state index in [1.165, 1.54) is 0 Å². The molecule has 0 aliphatic heterocycles. The molecule has 1 fully saturated rings. The Labute approximate surface area is 49.3 Å². The molecular formula is C6H10N2. The zero-order valence-corrected chi connectivity index (χ0v) is 5.02. The van der Waals surface area contributed by atoms with Crippen molar-refractivity contribution in [1.29, 1.82) is 5.26 Å². The number of hydrogen-bond acceptors (Lipinski definition) is 2. The molecule has 0 radical (unpaired) electrons. The Balaban J connectivity index is 2.44. The summed E-state index contributed by atoms with van der Waals surface area (Å²) in [7, 11) is 0. The van der Waals surface area contributed by atoms with Gasteiger partial charge in [-0.15, -0.1) is 0 Å². The van der Waals surface area contributed by atoms with E-state index < -0.39 is 0 Å². The fraction of sp³-hybridized carbons (Fsp3) is 0.833. The van der Waals surface area contributed by atoms with Gasteiger partial charge in [-0.1, -0.05) is 0 Å². The van der Waals surface area contributed by atoms with Gasteiger partial charge in [0.2, 0.25) is 0 Å². The maximum absolute atomic E-state index is 8.46. The van der Waals surface area contributed by atoms with E-state index in [9.17, 15) is 0 Å². The Hall–Kier alpha value is -0.550. The monoisotopic (exact) mass is 110 g/mol. The van der Waals surface area contributed by atoms with Crippen LogP contribution in [0.15, 0.2) is 0 Å². The predicted molar refractivity (Wildman–Crippen MR) is 30.9 cm³/mol. The fourth-order valence-corrected chi connectivity index (χ4v) is 1.19. The molecule has 1 saturated carbocycles. The van der Waals surface area contributed by atoms with Crippen LogP contribution in [0.2, 0.25) is 0 Å². The van der Waals surface area contributed by atoms with Crippen LogP contribution in [0.25, 0.3) is 0 Å². The number of hydrogen-bond donors (Lipinski definition) is 1. The second-order valence-corrected chi connectivity index (χ2v) is 2.84. The molecule has 0 heterocycles. The van der Waals surface area contributed by atoms with Crippen LogP contribution in [0.4, 0.5) is 0 Å². The average Bonchev–Trinajstić information content (AvgIpc) is 1.63. The minimum Gasteiger partial charge on any atom is -0.328 e. The third-order valence-electron chi connectivity index (χ3n) is 1.70. The van der Waals surface area contributed by atoms with Crippen molar-refractivity contribution in [1.82, 2.24) is 0 Å². The van der Waals surface area contributed by atoms with E-state index in [0.717, 1.165) is 12.8 Å². The first-order valence-corrected chi connectivity index (χ1v) is 2.83. The topological polar surface area (TPSA) is 49.8 Å². The molecule has 0 spiro atoms. The summed E-state index contributed by atoms with van der Waals surface area (Å²) in [5.41, 5.74) is 5.39. The van der Waals surface area contributed by atoms with Crippen LogP contribution in [0, 0.1) is 16.7 Å². The molecule has 44 valence electrons. The second-order valence-electron chi connectivity index (χ2n) is 2.84. The van der Waals surface area contributed by atoms with Crippen molar-refractivity contribution in [2.75, 3.05) is 0 Å². The van der Waals surface area contributed by atoms with E-state index in [0.29, 0.717) is 6.04 Å². The smallest absolute Gasteiger partial charge is 0.0688 e. The Bertz CT molecular complexity index is 128. The largest absolute Gasteiger partial charge is 0.328 e. The molecule has 0 aromatic carbocycles. The molecular weight excluding hydrogens is 100 g/mol. The van der Waals surface area contributed by atoms with Crippen molar-refractivity contribution in [3.8, 4) is 6.07 Å². The van der Waals surface area contributed by atoms with E-state index in [1.807, 2.05) is 6.92 Å². The average molecular weight is 110 g/mol. The minimum atomic E-state index is -0.0839. The van der Waals surface area contributed by atoms with Gasteiger partial charge in [-0.25, -0.2) is 0 Å². The quantitative estimate of drug-likeness (QED) is 0.497. The Morgan fingerprint density at radius 1 is 1.75 bits per heavy atom. The summed E-state index contributed by atoms with van der Waals surface area (Å²) in [4.78, 5) is 0. The van der Waals surface area contributed by atoms with E-state index in [2.05, 4.69) is 6.07 Å². The standard InChI is InChI=1S/C6H10N2/c1-6(4-7)2-5(8)3-6/h5H,2-3,8H2,1H3. The molecule has 0 atom stereocenters. The minimum absolute atomic E-state index is 0.0839. The van der Waals surface area contributed by atoms with Crippen molar-refractivity contribution >= 4 is 0 Å². The second kappa shape index (κ2) is 1.46. The van der Waals surface area contributed by atoms with Gasteiger partial charge >= 0.3 is 0 Å². The van der Waals surface area contributed by atoms with Crippen LogP contribution < -0.4 is 5.73 Å². The molecule has 8 heavy (non-hydrogen) atoms. The Morgan fingerprint density at radius 3 is 2.38 bits per heavy atom. The van der Waals surface area contributed by atoms with Crippen LogP contribution in [0.1, 0.15) is 19.8 Å². The molecule has 0 unspecified atom stereocenters. The van der Waals surface area contributed by atoms with Crippen molar-refractivity contribution in [2.45, 2.75) is 25.8 Å². The maximum Gasteiger partial charge on any atom is 0.0688 e. The van der Waals surface area contributed by atoms with Gasteiger partial charge in [0, 0.05) is 6.04 Å². The van der Waals surface area contributed by atoms with Crippen LogP contribution in [-0.2, 0) is 0 Å². The highest BCUT2D eigenvalue weighted by Gasteiger charge is 2.37. The fourth-order valence-electron chi connectivity index (χ4n) is 1.19. The van der Waals surface area contributed by atoms with Crippen LogP contribution in [0.3, 0.4) is 0 Å². The van der Waals surface area contributed by atoms with E-state index >= 15 is 0 Å². The predicted octanol–water partition coefficient (Wildman–Crippen LogP) is 0.637. The van der Waals surface area contributed by atoms with Gasteiger partial charge in [-0.2, -0.15) is 5.26 Å². The van der Waals surface area contributed by atoms with Crippen molar-refractivity contribution < 1.29 is 0 Å². The third kappa shape index (κ3) is 0.696. The number of nitriles is 1. The van der Waals surface area contributed by atoms with Crippen LogP contribution in [-0.4, -0.2) is 6.04 Å². The molecule has 0 aromatic rings. The van der Waals surface area contributed by atoms with Crippen molar-refractivity contribution in [3.63, 3.8) is 0 Å². The van der Waals surface area contributed by atoms with Crippen molar-refractivity contribution in [2.24, 2.45) is 11.1 Å². The van der Waals surface area contributed by atoms with E-state index in [4.69, 9.17) is 11.0 Å². The Kier molecular flexibility index (Phi) is 1.02. The molecule has 0 amide bonds. The highest BCUT2D eigenvalue weighted by Crippen LogP contribution is 2.38. The van der Waals surface area contributed by atoms with Crippen LogP contribution >= 0.6 is 0 Å². The van der Waals surface area contributed by atoms with E-state index in [1.54, 1.807) is 0 Å². The molecule has 1 aliphatic carbocycles. The molecule has 0 saturated heterocycles. The highest BCUT2D eigenvalue weighted by molar-refractivity contribution is 5.06. The summed E-state index contributed by atoms with van der Waals surface area (Å²) in [5.74, 6) is 0. The lowest BCUT2D eigenvalue weighted by Crippen LogP contribution is -2.43. The molecule has 1 rings (SSSR count). The summed E-state index contributed by atoms with van der Waals surface area (Å²) < 4.78 is 0. The molecule has 2 N–H and O–H groups in total. The third-order valence-corrected chi connectivity index (χ3v) is 1.70. The van der Waals surface area contributed by atoms with Gasteiger partial charge < -0.3 is 5.73 Å². The maximum atomic E-state index is 8.46. The highest BCUT2D eigenvalue weighted by atomic mass is 14.7. The zero-order chi connectivity index (χ0) is 6.20. The number of nitrogens with zero attached hydrogens (tertiary/aromatic N) is 1. The lowest BCUT2D eigenvalue weighted by Gasteiger charge is -2.37. The lowest BCUT2D eigenvalue weighted by atomic mass is 9.68. The lowest BCUT2D eigenvalue weighted by molar-refractivity contribution is 0.202. The zero-order valence-electron chi connectivity index (χ0n) is 5.02. The summed E-state index contributed by atoms with van der Waals surface area (Å²) in [5, 5.41) is 8.46. The summed E-state index contributed by atoms with van der Waals surface area (Å²) in [6.45, 7) is 1.95.